The summed E-state index contributed by atoms with van der Waals surface area (Å²) in [5.74, 6) is -0.637. The van der Waals surface area contributed by atoms with E-state index in [2.05, 4.69) is 24.5 Å². The molecular weight excluding hydrogens is 386 g/mol. The van der Waals surface area contributed by atoms with E-state index in [0.29, 0.717) is 17.1 Å². The number of quaternary nitrogens is 1. The lowest BCUT2D eigenvalue weighted by atomic mass is 10.1. The van der Waals surface area contributed by atoms with Crippen LogP contribution in [0.2, 0.25) is 5.02 Å². The summed E-state index contributed by atoms with van der Waals surface area (Å²) in [4.78, 5) is 26.8. The van der Waals surface area contributed by atoms with Crippen LogP contribution in [-0.2, 0) is 4.79 Å². The van der Waals surface area contributed by atoms with Gasteiger partial charge < -0.3 is 15.5 Å². The fourth-order valence-corrected chi connectivity index (χ4v) is 2.96. The summed E-state index contributed by atoms with van der Waals surface area (Å²) in [6.07, 6.45) is 1.65. The third kappa shape index (κ3) is 7.37. The third-order valence-corrected chi connectivity index (χ3v) is 5.00. The van der Waals surface area contributed by atoms with Gasteiger partial charge in [-0.25, -0.2) is 0 Å². The average Bonchev–Trinajstić information content (AvgIpc) is 2.72. The molecule has 5 nitrogen and oxygen atoms in total. The molecular formula is C23H29ClN3O2+. The topological polar surface area (TPSA) is 62.6 Å². The SMILES string of the molecule is CC[NH+](CC)CCNC(=O)/C(=C/c1ccc(Cl)cc1)NC(=O)c1ccc(C)cc1. The molecule has 0 saturated carbocycles. The fraction of sp³-hybridized carbons (Fsp3) is 0.304. The molecule has 2 amide bonds. The molecule has 0 unspecified atom stereocenters. The van der Waals surface area contributed by atoms with Gasteiger partial charge in [-0.1, -0.05) is 41.4 Å². The Labute approximate surface area is 177 Å². The highest BCUT2D eigenvalue weighted by Crippen LogP contribution is 2.12. The van der Waals surface area contributed by atoms with Crippen molar-refractivity contribution in [1.29, 1.82) is 0 Å². The number of aryl methyl sites for hydroxylation is 1. The Morgan fingerprint density at radius 1 is 1.00 bits per heavy atom. The number of amides is 2. The van der Waals surface area contributed by atoms with Gasteiger partial charge in [0.2, 0.25) is 0 Å². The molecule has 0 atom stereocenters. The van der Waals surface area contributed by atoms with E-state index in [9.17, 15) is 9.59 Å². The summed E-state index contributed by atoms with van der Waals surface area (Å²) in [5, 5.41) is 6.27. The van der Waals surface area contributed by atoms with Crippen molar-refractivity contribution in [3.8, 4) is 0 Å². The maximum atomic E-state index is 12.8. The van der Waals surface area contributed by atoms with E-state index in [-0.39, 0.29) is 17.5 Å². The molecule has 2 rings (SSSR count). The van der Waals surface area contributed by atoms with E-state index in [1.54, 1.807) is 42.5 Å². The van der Waals surface area contributed by atoms with Gasteiger partial charge in [-0.15, -0.1) is 0 Å². The van der Waals surface area contributed by atoms with Crippen molar-refractivity contribution in [3.63, 3.8) is 0 Å². The Morgan fingerprint density at radius 3 is 2.21 bits per heavy atom. The molecule has 3 N–H and O–H groups in total. The largest absolute Gasteiger partial charge is 0.345 e. The molecule has 0 aromatic heterocycles. The Balaban J connectivity index is 2.16. The van der Waals surface area contributed by atoms with Gasteiger partial charge in [0.25, 0.3) is 11.8 Å². The standard InChI is InChI=1S/C23H28ClN3O2/c1-4-27(5-2)15-14-25-23(29)21(16-18-8-12-20(24)13-9-18)26-22(28)19-10-6-17(3)7-11-19/h6-13,16H,4-5,14-15H2,1-3H3,(H,25,29)(H,26,28)/p+1/b21-16-. The molecule has 0 aliphatic heterocycles. The second-order valence-electron chi connectivity index (χ2n) is 6.89. The zero-order valence-corrected chi connectivity index (χ0v) is 18.0. The molecule has 6 heteroatoms. The first-order valence-electron chi connectivity index (χ1n) is 9.90. The highest BCUT2D eigenvalue weighted by Gasteiger charge is 2.15. The van der Waals surface area contributed by atoms with Gasteiger partial charge in [0.05, 0.1) is 26.2 Å². The molecule has 0 radical (unpaired) electrons. The molecule has 0 heterocycles. The zero-order chi connectivity index (χ0) is 21.2. The van der Waals surface area contributed by atoms with Gasteiger partial charge in [0.15, 0.2) is 0 Å². The summed E-state index contributed by atoms with van der Waals surface area (Å²) in [7, 11) is 0. The van der Waals surface area contributed by atoms with Crippen molar-refractivity contribution in [1.82, 2.24) is 10.6 Å². The number of halogens is 1. The van der Waals surface area contributed by atoms with Crippen LogP contribution in [0.1, 0.15) is 35.3 Å². The van der Waals surface area contributed by atoms with Crippen LogP contribution in [0.3, 0.4) is 0 Å². The Bertz CT molecular complexity index is 841. The van der Waals surface area contributed by atoms with E-state index in [1.807, 2.05) is 19.1 Å². The molecule has 2 aromatic carbocycles. The lowest BCUT2D eigenvalue weighted by molar-refractivity contribution is -0.895. The third-order valence-electron chi connectivity index (χ3n) is 4.75. The van der Waals surface area contributed by atoms with Crippen LogP contribution in [0, 0.1) is 6.92 Å². The number of carbonyl (C=O) groups is 2. The first kappa shape index (κ1) is 22.7. The van der Waals surface area contributed by atoms with Crippen LogP contribution in [-0.4, -0.2) is 38.0 Å². The summed E-state index contributed by atoms with van der Waals surface area (Å²) in [6.45, 7) is 9.57. The molecule has 0 aliphatic carbocycles. The number of likely N-dealkylation sites (N-methyl/N-ethyl adjacent to an activating group) is 1. The first-order valence-corrected chi connectivity index (χ1v) is 10.3. The lowest BCUT2D eigenvalue weighted by Crippen LogP contribution is -3.12. The average molecular weight is 415 g/mol. The summed E-state index contributed by atoms with van der Waals surface area (Å²) < 4.78 is 0. The highest BCUT2D eigenvalue weighted by atomic mass is 35.5. The zero-order valence-electron chi connectivity index (χ0n) is 17.2. The Morgan fingerprint density at radius 2 is 1.62 bits per heavy atom. The maximum Gasteiger partial charge on any atom is 0.268 e. The summed E-state index contributed by atoms with van der Waals surface area (Å²) in [5.41, 5.74) is 2.54. The van der Waals surface area contributed by atoms with Gasteiger partial charge >= 0.3 is 0 Å². The highest BCUT2D eigenvalue weighted by molar-refractivity contribution is 6.30. The normalized spacial score (nSPS) is 11.4. The number of hydrogen-bond donors (Lipinski definition) is 3. The van der Waals surface area contributed by atoms with Gasteiger partial charge in [0, 0.05) is 10.6 Å². The lowest BCUT2D eigenvalue weighted by Gasteiger charge is -2.16. The van der Waals surface area contributed by atoms with Crippen molar-refractivity contribution in [2.75, 3.05) is 26.2 Å². The molecule has 0 fully saturated rings. The molecule has 0 saturated heterocycles. The van der Waals surface area contributed by atoms with E-state index >= 15 is 0 Å². The molecule has 154 valence electrons. The second-order valence-corrected chi connectivity index (χ2v) is 7.33. The molecule has 0 spiro atoms. The Hall–Kier alpha value is -2.63. The summed E-state index contributed by atoms with van der Waals surface area (Å²) >= 11 is 5.94. The number of benzene rings is 2. The van der Waals surface area contributed by atoms with Crippen molar-refractivity contribution in [2.24, 2.45) is 0 Å². The number of rotatable bonds is 9. The second kappa shape index (κ2) is 11.4. The van der Waals surface area contributed by atoms with Crippen molar-refractivity contribution in [3.05, 3.63) is 75.9 Å². The van der Waals surface area contributed by atoms with Crippen molar-refractivity contribution < 1.29 is 14.5 Å². The smallest absolute Gasteiger partial charge is 0.268 e. The number of carbonyl (C=O) groups excluding carboxylic acids is 2. The number of nitrogens with one attached hydrogen (secondary N) is 3. The molecule has 2 aromatic rings. The minimum absolute atomic E-state index is 0.201. The minimum atomic E-state index is -0.324. The minimum Gasteiger partial charge on any atom is -0.345 e. The van der Waals surface area contributed by atoms with Gasteiger partial charge in [-0.05, 0) is 56.7 Å². The predicted molar refractivity (Wildman–Crippen MR) is 118 cm³/mol. The van der Waals surface area contributed by atoms with Gasteiger partial charge in [0.1, 0.15) is 5.70 Å². The monoisotopic (exact) mass is 414 g/mol. The first-order chi connectivity index (χ1) is 13.9. The van der Waals surface area contributed by atoms with E-state index in [0.717, 1.165) is 30.8 Å². The predicted octanol–water partition coefficient (Wildman–Crippen LogP) is 2.46. The fourth-order valence-electron chi connectivity index (χ4n) is 2.84. The van der Waals surface area contributed by atoms with E-state index in [1.165, 1.54) is 4.90 Å². The molecule has 0 aliphatic rings. The van der Waals surface area contributed by atoms with Crippen molar-refractivity contribution >= 4 is 29.5 Å². The van der Waals surface area contributed by atoms with E-state index < -0.39 is 0 Å². The maximum absolute atomic E-state index is 12.8. The van der Waals surface area contributed by atoms with Gasteiger partial charge in [-0.3, -0.25) is 9.59 Å². The van der Waals surface area contributed by atoms with Crippen LogP contribution >= 0.6 is 11.6 Å². The quantitative estimate of drug-likeness (QED) is 0.552. The van der Waals surface area contributed by atoms with Crippen LogP contribution in [0.25, 0.3) is 6.08 Å². The van der Waals surface area contributed by atoms with E-state index in [4.69, 9.17) is 11.6 Å². The van der Waals surface area contributed by atoms with Crippen LogP contribution in [0.4, 0.5) is 0 Å². The molecule has 29 heavy (non-hydrogen) atoms. The van der Waals surface area contributed by atoms with Crippen LogP contribution < -0.4 is 15.5 Å². The van der Waals surface area contributed by atoms with Crippen LogP contribution in [0.5, 0.6) is 0 Å². The molecule has 0 bridgehead atoms. The summed E-state index contributed by atoms with van der Waals surface area (Å²) in [6, 6.07) is 14.3. The van der Waals surface area contributed by atoms with Crippen molar-refractivity contribution in [2.45, 2.75) is 20.8 Å². The number of hydrogen-bond acceptors (Lipinski definition) is 2. The van der Waals surface area contributed by atoms with Gasteiger partial charge in [-0.2, -0.15) is 0 Å². The van der Waals surface area contributed by atoms with Crippen LogP contribution in [0.15, 0.2) is 54.2 Å². The Kier molecular flexibility index (Phi) is 8.90.